The molecule has 2 aliphatic heterocycles. The van der Waals surface area contributed by atoms with Crippen molar-refractivity contribution in [2.75, 3.05) is 13.2 Å². The summed E-state index contributed by atoms with van der Waals surface area (Å²) >= 11 is 0. The van der Waals surface area contributed by atoms with Crippen molar-refractivity contribution >= 4 is 11.6 Å². The molecule has 2 heterocycles. The number of benzene rings is 2. The molecule has 0 fully saturated rings. The first-order valence-electron chi connectivity index (χ1n) is 10.6. The molecule has 0 saturated carbocycles. The summed E-state index contributed by atoms with van der Waals surface area (Å²) < 4.78 is 74.6. The van der Waals surface area contributed by atoms with Crippen molar-refractivity contribution in [2.45, 2.75) is 45.0 Å². The van der Waals surface area contributed by atoms with Gasteiger partial charge in [0.2, 0.25) is 0 Å². The van der Waals surface area contributed by atoms with Crippen molar-refractivity contribution in [3.63, 3.8) is 0 Å². The second kappa shape index (κ2) is 7.97. The lowest BCUT2D eigenvalue weighted by Crippen LogP contribution is -2.45. The summed E-state index contributed by atoms with van der Waals surface area (Å²) in [5.74, 6) is -5.44. The molecule has 182 valence electrons. The summed E-state index contributed by atoms with van der Waals surface area (Å²) in [6, 6.07) is 8.61. The van der Waals surface area contributed by atoms with Crippen LogP contribution in [0.5, 0.6) is 5.75 Å². The summed E-state index contributed by atoms with van der Waals surface area (Å²) in [5, 5.41) is 12.4. The minimum absolute atomic E-state index is 0.0256. The second-order valence-corrected chi connectivity index (χ2v) is 8.72. The van der Waals surface area contributed by atoms with Crippen molar-refractivity contribution in [3.8, 4) is 5.75 Å². The Kier molecular flexibility index (Phi) is 5.63. The molecule has 2 N–H and O–H groups in total. The van der Waals surface area contributed by atoms with E-state index in [2.05, 4.69) is 5.32 Å². The van der Waals surface area contributed by atoms with Gasteiger partial charge in [0.05, 0.1) is 24.5 Å². The fourth-order valence-corrected chi connectivity index (χ4v) is 4.48. The minimum atomic E-state index is -5.80. The maximum atomic E-state index is 14.4. The van der Waals surface area contributed by atoms with Gasteiger partial charge in [0.25, 0.3) is 5.91 Å². The zero-order valence-electron chi connectivity index (χ0n) is 18.7. The number of rotatable bonds is 5. The zero-order valence-corrected chi connectivity index (χ0v) is 18.7. The van der Waals surface area contributed by atoms with Crippen LogP contribution in [0.3, 0.4) is 0 Å². The summed E-state index contributed by atoms with van der Waals surface area (Å²) in [4.78, 5) is 14.7. The summed E-state index contributed by atoms with van der Waals surface area (Å²) in [5.41, 5.74) is -1.14. The molecule has 2 aromatic rings. The number of nitrogens with zero attached hydrogens (tertiary/aromatic N) is 1. The van der Waals surface area contributed by atoms with Crippen LogP contribution < -0.4 is 10.1 Å². The van der Waals surface area contributed by atoms with Gasteiger partial charge >= 0.3 is 12.1 Å². The van der Waals surface area contributed by atoms with Crippen LogP contribution in [-0.4, -0.2) is 40.8 Å². The van der Waals surface area contributed by atoms with Gasteiger partial charge < -0.3 is 20.1 Å². The van der Waals surface area contributed by atoms with Gasteiger partial charge in [0.1, 0.15) is 11.4 Å². The van der Waals surface area contributed by atoms with Gasteiger partial charge in [-0.3, -0.25) is 4.79 Å². The van der Waals surface area contributed by atoms with Gasteiger partial charge in [-0.25, -0.2) is 0 Å². The summed E-state index contributed by atoms with van der Waals surface area (Å²) in [7, 11) is 0. The van der Waals surface area contributed by atoms with Crippen LogP contribution in [0.25, 0.3) is 5.70 Å². The Morgan fingerprint density at radius 1 is 1.12 bits per heavy atom. The van der Waals surface area contributed by atoms with Crippen LogP contribution in [0.1, 0.15) is 46.5 Å². The Morgan fingerprint density at radius 3 is 2.41 bits per heavy atom. The Balaban J connectivity index is 1.99. The van der Waals surface area contributed by atoms with Gasteiger partial charge in [-0.15, -0.1) is 0 Å². The molecule has 2 aromatic carbocycles. The molecular weight excluding hydrogens is 459 g/mol. The Bertz CT molecular complexity index is 1190. The van der Waals surface area contributed by atoms with E-state index in [4.69, 9.17) is 4.74 Å². The van der Waals surface area contributed by atoms with E-state index in [1.165, 1.54) is 4.90 Å². The Labute approximate surface area is 192 Å². The number of alkyl halides is 5. The molecule has 10 heteroatoms. The molecule has 34 heavy (non-hydrogen) atoms. The molecule has 0 aliphatic carbocycles. The van der Waals surface area contributed by atoms with E-state index < -0.39 is 29.2 Å². The molecule has 0 radical (unpaired) electrons. The Morgan fingerprint density at radius 2 is 1.79 bits per heavy atom. The van der Waals surface area contributed by atoms with Crippen LogP contribution in [0.15, 0.2) is 42.1 Å². The smallest absolute Gasteiger partial charge is 0.458 e. The van der Waals surface area contributed by atoms with Crippen LogP contribution in [0.4, 0.5) is 22.0 Å². The third-order valence-electron chi connectivity index (χ3n) is 6.07. The monoisotopic (exact) mass is 482 g/mol. The topological polar surface area (TPSA) is 61.8 Å². The largest absolute Gasteiger partial charge is 0.481 e. The van der Waals surface area contributed by atoms with E-state index in [1.807, 2.05) is 0 Å². The number of ether oxygens (including phenoxy) is 1. The molecule has 0 spiro atoms. The zero-order chi connectivity index (χ0) is 25.1. The van der Waals surface area contributed by atoms with Gasteiger partial charge in [-0.1, -0.05) is 18.2 Å². The van der Waals surface area contributed by atoms with Crippen molar-refractivity contribution in [2.24, 2.45) is 0 Å². The summed E-state index contributed by atoms with van der Waals surface area (Å²) in [6.45, 7) is 4.39. The molecule has 0 bridgehead atoms. The first-order chi connectivity index (χ1) is 15.8. The number of halogens is 5. The van der Waals surface area contributed by atoms with Gasteiger partial charge in [-0.2, -0.15) is 22.0 Å². The number of hydrogen-bond donors (Lipinski definition) is 2. The van der Waals surface area contributed by atoms with Crippen molar-refractivity contribution in [1.82, 2.24) is 10.2 Å². The Hall–Kier alpha value is -3.14. The summed E-state index contributed by atoms with van der Waals surface area (Å²) in [6.07, 6.45) is -5.80. The average molecular weight is 482 g/mol. The van der Waals surface area contributed by atoms with E-state index in [0.29, 0.717) is 22.9 Å². The highest BCUT2D eigenvalue weighted by Gasteiger charge is 2.60. The average Bonchev–Trinajstić information content (AvgIpc) is 3.07. The predicted molar refractivity (Wildman–Crippen MR) is 114 cm³/mol. The number of carbonyl (C=O) groups is 1. The molecule has 0 aromatic heterocycles. The fraction of sp³-hybridized carbons (Fsp3) is 0.375. The maximum Gasteiger partial charge on any atom is 0.458 e. The van der Waals surface area contributed by atoms with Gasteiger partial charge in [0, 0.05) is 23.2 Å². The molecule has 0 saturated heterocycles. The van der Waals surface area contributed by atoms with Crippen LogP contribution in [0, 0.1) is 6.92 Å². The highest BCUT2D eigenvalue weighted by atomic mass is 19.4. The number of hydrogen-bond acceptors (Lipinski definition) is 4. The standard InChI is InChI=1S/C24H23F5N2O3/c1-13-16(23(25,26)24(27,28)29)8-9-17-18(13)19(20(30-10-11-32)22(2,3)34-17)31-12-14-6-4-5-7-15(14)21(31)33/h4-9,30,32H,10-12H2,1-3H3. The third-order valence-corrected chi connectivity index (χ3v) is 6.07. The minimum Gasteiger partial charge on any atom is -0.481 e. The SMILES string of the molecule is Cc1c(C(F)(F)C(F)(F)F)ccc2c1C(N1Cc3ccccc3C1=O)=C(NCCO)C(C)(C)O2. The molecular formula is C24H23F5N2O3. The lowest BCUT2D eigenvalue weighted by molar-refractivity contribution is -0.289. The van der Waals surface area contributed by atoms with Crippen molar-refractivity contribution in [3.05, 3.63) is 69.9 Å². The van der Waals surface area contributed by atoms with E-state index in [0.717, 1.165) is 13.0 Å². The third kappa shape index (κ3) is 3.60. The second-order valence-electron chi connectivity index (χ2n) is 8.72. The highest BCUT2D eigenvalue weighted by Crippen LogP contribution is 2.51. The van der Waals surface area contributed by atoms with E-state index in [9.17, 15) is 31.9 Å². The van der Waals surface area contributed by atoms with Crippen LogP contribution >= 0.6 is 0 Å². The number of aliphatic hydroxyl groups excluding tert-OH is 1. The highest BCUT2D eigenvalue weighted by molar-refractivity contribution is 6.04. The van der Waals surface area contributed by atoms with Gasteiger partial charge in [0.15, 0.2) is 0 Å². The molecule has 4 rings (SSSR count). The van der Waals surface area contributed by atoms with Crippen molar-refractivity contribution in [1.29, 1.82) is 0 Å². The number of fused-ring (bicyclic) bond motifs is 2. The van der Waals surface area contributed by atoms with Crippen LogP contribution in [-0.2, 0) is 12.5 Å². The number of carbonyl (C=O) groups excluding carboxylic acids is 1. The first-order valence-corrected chi connectivity index (χ1v) is 10.6. The van der Waals surface area contributed by atoms with E-state index in [1.54, 1.807) is 38.1 Å². The molecule has 2 aliphatic rings. The van der Waals surface area contributed by atoms with E-state index >= 15 is 0 Å². The van der Waals surface area contributed by atoms with Crippen molar-refractivity contribution < 1.29 is 36.6 Å². The lowest BCUT2D eigenvalue weighted by atomic mass is 9.88. The lowest BCUT2D eigenvalue weighted by Gasteiger charge is -2.40. The normalized spacial score (nSPS) is 17.4. The molecule has 5 nitrogen and oxygen atoms in total. The first kappa shape index (κ1) is 24.0. The predicted octanol–water partition coefficient (Wildman–Crippen LogP) is 4.73. The molecule has 1 amide bonds. The number of nitrogens with one attached hydrogen (secondary N) is 1. The fourth-order valence-electron chi connectivity index (χ4n) is 4.48. The molecule has 0 atom stereocenters. The maximum absolute atomic E-state index is 14.4. The van der Waals surface area contributed by atoms with Gasteiger partial charge in [-0.05, 0) is 50.1 Å². The molecule has 0 unspecified atom stereocenters. The number of amides is 1. The quantitative estimate of drug-likeness (QED) is 0.606. The van der Waals surface area contributed by atoms with E-state index in [-0.39, 0.29) is 42.3 Å². The number of aliphatic hydroxyl groups is 1. The van der Waals surface area contributed by atoms with Crippen LogP contribution in [0.2, 0.25) is 0 Å².